The summed E-state index contributed by atoms with van der Waals surface area (Å²) < 4.78 is 4.66. The van der Waals surface area contributed by atoms with Crippen LogP contribution >= 0.6 is 8.45 Å². The molecule has 4 heteroatoms. The van der Waals surface area contributed by atoms with Crippen molar-refractivity contribution in [1.29, 1.82) is 0 Å². The van der Waals surface area contributed by atoms with Gasteiger partial charge in [0.25, 0.3) is 0 Å². The molecule has 0 aromatic heterocycles. The van der Waals surface area contributed by atoms with Gasteiger partial charge in [0.15, 0.2) is 8.45 Å². The number of nitrogens with two attached hydrogens (primary N) is 2. The van der Waals surface area contributed by atoms with E-state index in [9.17, 15) is 0 Å². The average molecular weight is 108 g/mol. The fraction of sp³-hybridized carbons (Fsp3) is 1.00. The van der Waals surface area contributed by atoms with Crippen molar-refractivity contribution in [2.75, 3.05) is 6.61 Å². The first-order valence-corrected chi connectivity index (χ1v) is 3.09. The SMILES string of the molecule is CCOP(N)N. The van der Waals surface area contributed by atoms with E-state index < -0.39 is 8.45 Å². The number of hydrogen-bond donors (Lipinski definition) is 2. The van der Waals surface area contributed by atoms with Crippen LogP contribution in [0, 0.1) is 0 Å². The van der Waals surface area contributed by atoms with Crippen LogP contribution in [0.15, 0.2) is 0 Å². The second kappa shape index (κ2) is 3.50. The van der Waals surface area contributed by atoms with Crippen LogP contribution in [0.1, 0.15) is 6.92 Å². The predicted molar refractivity (Wildman–Crippen MR) is 26.9 cm³/mol. The molecule has 0 aliphatic rings. The Hall–Kier alpha value is 0.310. The van der Waals surface area contributed by atoms with Crippen LogP contribution in [0.25, 0.3) is 0 Å². The lowest BCUT2D eigenvalue weighted by molar-refractivity contribution is 0.378. The van der Waals surface area contributed by atoms with E-state index in [1.807, 2.05) is 6.92 Å². The highest BCUT2D eigenvalue weighted by Gasteiger charge is 1.85. The summed E-state index contributed by atoms with van der Waals surface area (Å²) in [6.07, 6.45) is 0. The van der Waals surface area contributed by atoms with Gasteiger partial charge in [-0.3, -0.25) is 11.0 Å². The fourth-order valence-corrected chi connectivity index (χ4v) is 0.447. The van der Waals surface area contributed by atoms with Gasteiger partial charge in [0.05, 0.1) is 6.61 Å². The maximum Gasteiger partial charge on any atom is 0.176 e. The van der Waals surface area contributed by atoms with Gasteiger partial charge in [-0.15, -0.1) is 0 Å². The Labute approximate surface area is 38.6 Å². The molecule has 0 aliphatic heterocycles. The molecule has 0 radical (unpaired) electrons. The molecule has 0 rings (SSSR count). The third-order valence-electron chi connectivity index (χ3n) is 0.278. The Kier molecular flexibility index (Phi) is 3.68. The van der Waals surface area contributed by atoms with Crippen LogP contribution < -0.4 is 11.0 Å². The van der Waals surface area contributed by atoms with Crippen LogP contribution in [-0.4, -0.2) is 6.61 Å². The second-order valence-electron chi connectivity index (χ2n) is 0.778. The zero-order chi connectivity index (χ0) is 4.99. The largest absolute Gasteiger partial charge is 0.332 e. The predicted octanol–water partition coefficient (Wildman–Crippen LogP) is 0.167. The van der Waals surface area contributed by atoms with Crippen molar-refractivity contribution in [2.24, 2.45) is 11.0 Å². The zero-order valence-electron chi connectivity index (χ0n) is 3.72. The van der Waals surface area contributed by atoms with E-state index in [2.05, 4.69) is 4.52 Å². The Morgan fingerprint density at radius 2 is 2.17 bits per heavy atom. The quantitative estimate of drug-likeness (QED) is 0.495. The number of rotatable bonds is 2. The van der Waals surface area contributed by atoms with Gasteiger partial charge >= 0.3 is 0 Å². The number of hydrogen-bond acceptors (Lipinski definition) is 3. The third-order valence-corrected chi connectivity index (χ3v) is 0.835. The van der Waals surface area contributed by atoms with Crippen molar-refractivity contribution in [3.8, 4) is 0 Å². The fourth-order valence-electron chi connectivity index (χ4n) is 0.149. The molecule has 38 valence electrons. The minimum absolute atomic E-state index is 0.610. The maximum absolute atomic E-state index is 5.02. The molecule has 0 aliphatic carbocycles. The standard InChI is InChI=1S/C2H9N2OP/c1-2-5-6(3)4/h2-4H2,1H3. The van der Waals surface area contributed by atoms with Crippen molar-refractivity contribution in [3.63, 3.8) is 0 Å². The van der Waals surface area contributed by atoms with Gasteiger partial charge in [0.2, 0.25) is 0 Å². The minimum Gasteiger partial charge on any atom is -0.332 e. The molecule has 0 unspecified atom stereocenters. The van der Waals surface area contributed by atoms with Gasteiger partial charge in [-0.2, -0.15) is 0 Å². The molecule has 0 saturated heterocycles. The molecule has 3 nitrogen and oxygen atoms in total. The summed E-state index contributed by atoms with van der Waals surface area (Å²) in [5.74, 6) is 0. The molecule has 0 amide bonds. The Morgan fingerprint density at radius 1 is 1.67 bits per heavy atom. The molecule has 0 atom stereocenters. The van der Waals surface area contributed by atoms with E-state index >= 15 is 0 Å². The Morgan fingerprint density at radius 3 is 2.17 bits per heavy atom. The van der Waals surface area contributed by atoms with E-state index in [0.717, 1.165) is 0 Å². The summed E-state index contributed by atoms with van der Waals surface area (Å²) in [4.78, 5) is 0. The Bertz CT molecular complexity index is 32.7. The molecule has 0 saturated carbocycles. The van der Waals surface area contributed by atoms with Gasteiger partial charge in [-0.1, -0.05) is 0 Å². The summed E-state index contributed by atoms with van der Waals surface area (Å²) in [6.45, 7) is 2.47. The molecule has 6 heavy (non-hydrogen) atoms. The smallest absolute Gasteiger partial charge is 0.176 e. The lowest BCUT2D eigenvalue weighted by Gasteiger charge is -1.99. The van der Waals surface area contributed by atoms with Crippen molar-refractivity contribution >= 4 is 8.45 Å². The van der Waals surface area contributed by atoms with Gasteiger partial charge in [0.1, 0.15) is 0 Å². The molecule has 4 N–H and O–H groups in total. The summed E-state index contributed by atoms with van der Waals surface area (Å²) in [6, 6.07) is 0. The lowest BCUT2D eigenvalue weighted by atomic mass is 10.9. The summed E-state index contributed by atoms with van der Waals surface area (Å²) in [5.41, 5.74) is 10.0. The molecule has 0 aromatic rings. The molecule has 0 fully saturated rings. The lowest BCUT2D eigenvalue weighted by Crippen LogP contribution is -2.00. The van der Waals surface area contributed by atoms with E-state index in [1.54, 1.807) is 0 Å². The maximum atomic E-state index is 5.02. The molecular formula is C2H9N2OP. The highest BCUT2D eigenvalue weighted by atomic mass is 31.2. The van der Waals surface area contributed by atoms with Crippen molar-refractivity contribution < 1.29 is 4.52 Å². The summed E-state index contributed by atoms with van der Waals surface area (Å²) in [5, 5.41) is 0. The molecular weight excluding hydrogens is 99.0 g/mol. The third kappa shape index (κ3) is 4.31. The second-order valence-corrected chi connectivity index (χ2v) is 1.76. The van der Waals surface area contributed by atoms with Gasteiger partial charge in [-0.25, -0.2) is 0 Å². The topological polar surface area (TPSA) is 61.3 Å². The molecule has 0 spiro atoms. The molecule has 0 aromatic carbocycles. The summed E-state index contributed by atoms with van der Waals surface area (Å²) in [7, 11) is -1.10. The molecule has 0 bridgehead atoms. The van der Waals surface area contributed by atoms with Gasteiger partial charge < -0.3 is 4.52 Å². The van der Waals surface area contributed by atoms with Gasteiger partial charge in [-0.05, 0) is 6.92 Å². The average Bonchev–Trinajstić information content (AvgIpc) is 1.35. The van der Waals surface area contributed by atoms with Crippen LogP contribution in [0.2, 0.25) is 0 Å². The van der Waals surface area contributed by atoms with Gasteiger partial charge in [0, 0.05) is 0 Å². The summed E-state index contributed by atoms with van der Waals surface area (Å²) >= 11 is 0. The Balaban J connectivity index is 2.63. The first kappa shape index (κ1) is 6.31. The van der Waals surface area contributed by atoms with Crippen LogP contribution in [0.3, 0.4) is 0 Å². The van der Waals surface area contributed by atoms with Crippen molar-refractivity contribution in [2.45, 2.75) is 6.92 Å². The van der Waals surface area contributed by atoms with Crippen molar-refractivity contribution in [3.05, 3.63) is 0 Å². The van der Waals surface area contributed by atoms with E-state index in [0.29, 0.717) is 6.61 Å². The first-order valence-electron chi connectivity index (χ1n) is 1.69. The van der Waals surface area contributed by atoms with E-state index in [-0.39, 0.29) is 0 Å². The first-order chi connectivity index (χ1) is 2.77. The monoisotopic (exact) mass is 108 g/mol. The highest BCUT2D eigenvalue weighted by Crippen LogP contribution is 2.12. The minimum atomic E-state index is -1.10. The normalized spacial score (nSPS) is 10.0. The van der Waals surface area contributed by atoms with E-state index in [4.69, 9.17) is 11.0 Å². The van der Waals surface area contributed by atoms with Crippen LogP contribution in [0.5, 0.6) is 0 Å². The van der Waals surface area contributed by atoms with Crippen LogP contribution in [0.4, 0.5) is 0 Å². The van der Waals surface area contributed by atoms with Crippen LogP contribution in [-0.2, 0) is 4.52 Å². The van der Waals surface area contributed by atoms with Crippen molar-refractivity contribution in [1.82, 2.24) is 0 Å². The van der Waals surface area contributed by atoms with E-state index in [1.165, 1.54) is 0 Å². The highest BCUT2D eigenvalue weighted by molar-refractivity contribution is 7.47. The molecule has 0 heterocycles. The zero-order valence-corrected chi connectivity index (χ0v) is 4.61.